The van der Waals surface area contributed by atoms with Gasteiger partial charge in [0, 0.05) is 0 Å². The van der Waals surface area contributed by atoms with Crippen LogP contribution in [0.2, 0.25) is 0 Å². The van der Waals surface area contributed by atoms with Gasteiger partial charge >= 0.3 is 564 Å². The number of benzene rings is 14. The van der Waals surface area contributed by atoms with Crippen molar-refractivity contribution in [3.8, 4) is 0 Å². The smallest absolute Gasteiger partial charge is 0.112 e. The van der Waals surface area contributed by atoms with Gasteiger partial charge in [0.05, 0.1) is 0 Å². The summed E-state index contributed by atoms with van der Waals surface area (Å²) in [6, 6.07) is 141. The predicted molar refractivity (Wildman–Crippen MR) is 404 cm³/mol. The van der Waals surface area contributed by atoms with Gasteiger partial charge in [0.2, 0.25) is 0 Å². The molecule has 0 spiro atoms. The van der Waals surface area contributed by atoms with Crippen molar-refractivity contribution in [1.82, 2.24) is 0 Å². The fourth-order valence-electron chi connectivity index (χ4n) is 14.5. The van der Waals surface area contributed by atoms with Crippen LogP contribution in [0.25, 0.3) is 33.7 Å². The first-order valence-electron chi connectivity index (χ1n) is 32.6. The predicted octanol–water partition coefficient (Wildman–Crippen LogP) is 13.5. The summed E-state index contributed by atoms with van der Waals surface area (Å²) in [7, 11) is -9.78. The van der Waals surface area contributed by atoms with E-state index in [1.807, 2.05) is 0 Å². The van der Waals surface area contributed by atoms with E-state index in [0.29, 0.717) is 0 Å². The van der Waals surface area contributed by atoms with Gasteiger partial charge in [0.15, 0.2) is 0 Å². The normalized spacial score (nSPS) is 17.2. The summed E-state index contributed by atoms with van der Waals surface area (Å²) in [6.07, 6.45) is 10.9. The second-order valence-corrected chi connectivity index (χ2v) is 38.5. The second kappa shape index (κ2) is 29.2. The van der Waals surface area contributed by atoms with Gasteiger partial charge in [-0.25, -0.2) is 18.6 Å². The van der Waals surface area contributed by atoms with Crippen LogP contribution in [0.15, 0.2) is 376 Å². The maximum atomic E-state index is 8.49. The van der Waals surface area contributed by atoms with Gasteiger partial charge in [-0.15, -0.1) is 10.2 Å². The zero-order valence-corrected chi connectivity index (χ0v) is 59.2. The number of fused-ring (bicyclic) bond motifs is 4. The van der Waals surface area contributed by atoms with E-state index >= 15 is 0 Å². The van der Waals surface area contributed by atoms with Crippen molar-refractivity contribution in [1.29, 1.82) is 0 Å². The number of halogens is 1. The first-order valence-corrected chi connectivity index (χ1v) is 40.8. The summed E-state index contributed by atoms with van der Waals surface area (Å²) in [6.45, 7) is 0. The average molecular weight is 1450 g/mol. The van der Waals surface area contributed by atoms with E-state index in [0.717, 1.165) is 0 Å². The minimum atomic E-state index is -4.94. The van der Waals surface area contributed by atoms with E-state index in [9.17, 15) is 0 Å². The molecule has 478 valence electrons. The van der Waals surface area contributed by atoms with Gasteiger partial charge in [0.1, 0.15) is 0 Å². The van der Waals surface area contributed by atoms with Crippen LogP contribution in [0.3, 0.4) is 0 Å². The van der Waals surface area contributed by atoms with Gasteiger partial charge in [-0.2, -0.15) is 0 Å². The molecule has 0 amide bonds. The fourth-order valence-corrected chi connectivity index (χ4v) is 33.7. The zero-order valence-electron chi connectivity index (χ0n) is 53.2. The molecule has 10 heteroatoms. The molecule has 4 unspecified atom stereocenters. The third-order valence-electron chi connectivity index (χ3n) is 18.4. The molecule has 4 atom stereocenters. The Kier molecular flexibility index (Phi) is 19.5. The minimum Gasteiger partial charge on any atom is -0.222 e. The molecule has 0 aromatic heterocycles. The quantitative estimate of drug-likeness (QED) is 0.0712. The molecule has 2 aliphatic rings. The van der Waals surface area contributed by atoms with E-state index in [2.05, 4.69) is 388 Å². The van der Waals surface area contributed by atoms with Crippen molar-refractivity contribution < 1.29 is 46.0 Å². The van der Waals surface area contributed by atoms with Crippen molar-refractivity contribution in [3.63, 3.8) is 0 Å². The Hall–Kier alpha value is -8.45. The third-order valence-corrected chi connectivity index (χ3v) is 34.7. The minimum absolute atomic E-state index is 0.156. The summed E-state index contributed by atoms with van der Waals surface area (Å²) >= 11 is -0.522. The van der Waals surface area contributed by atoms with E-state index < -0.39 is 66.6 Å². The molecule has 0 aliphatic heterocycles. The molecule has 0 radical (unpaired) electrons. The summed E-state index contributed by atoms with van der Waals surface area (Å²) in [5.41, 5.74) is 8.20. The molecule has 16 rings (SSSR count). The monoisotopic (exact) mass is 1450 g/mol. The topological polar surface area (TPSA) is 92.2 Å². The molecule has 0 bridgehead atoms. The Labute approximate surface area is 588 Å². The number of hydrogen-bond acceptors (Lipinski definition) is 4. The molecule has 2 aliphatic carbocycles. The van der Waals surface area contributed by atoms with Crippen molar-refractivity contribution >= 4 is 118 Å². The second-order valence-electron chi connectivity index (χ2n) is 24.1. The maximum absolute atomic E-state index is 8.49. The molecular formula is C88H66ClO4P4Rh. The van der Waals surface area contributed by atoms with Gasteiger partial charge in [-0.05, 0) is 0 Å². The van der Waals surface area contributed by atoms with Crippen molar-refractivity contribution in [3.05, 3.63) is 410 Å². The average Bonchev–Trinajstić information content (AvgIpc) is 0.693. The largest absolute Gasteiger partial charge is 0.222 e. The maximum Gasteiger partial charge on any atom is -0.112 e. The Balaban J connectivity index is 0.00000152. The zero-order chi connectivity index (χ0) is 66.5. The van der Waals surface area contributed by atoms with Crippen LogP contribution >= 0.6 is 31.7 Å². The molecule has 0 fully saturated rings. The number of hydrogen-bond donors (Lipinski definition) is 0. The van der Waals surface area contributed by atoms with Gasteiger partial charge in [-0.3, -0.25) is 0 Å². The van der Waals surface area contributed by atoms with Crippen molar-refractivity contribution in [2.75, 3.05) is 0 Å². The molecule has 0 N–H and O–H groups in total. The standard InChI is InChI=1S/2C44H33P2.ClHO4.Rh/c2*1-5-19-35(20-6-1)45(36-21-7-2-8-22-36)41-31-29-33-17-13-15-27-39(33)43(41)44-40-28-16-14-18-34(40)30-32-42(44)46(37-23-9-3-10-24-37)38-25-11-4-12-26-38;2-1(3,4)5;/h2*1-32,43H;(H,2,3,4,5);/q;;;+1/p-1. The number of allylic oxidation sites excluding steroid dienone is 2. The van der Waals surface area contributed by atoms with Crippen LogP contribution in [0, 0.1) is 10.2 Å². The molecule has 0 saturated carbocycles. The molecule has 0 heterocycles. The Morgan fingerprint density at radius 3 is 0.806 bits per heavy atom. The van der Waals surface area contributed by atoms with E-state index in [4.69, 9.17) is 18.6 Å². The molecule has 14 aromatic rings. The van der Waals surface area contributed by atoms with Crippen molar-refractivity contribution in [2.24, 2.45) is 0 Å². The molecule has 4 nitrogen and oxygen atoms in total. The third kappa shape index (κ3) is 13.1. The van der Waals surface area contributed by atoms with Crippen LogP contribution in [-0.2, 0) is 17.1 Å². The fraction of sp³-hybridized carbons (Fsp3) is 0.0455. The first-order chi connectivity index (χ1) is 48.1. The van der Waals surface area contributed by atoms with Crippen LogP contribution in [0.4, 0.5) is 0 Å². The Morgan fingerprint density at radius 1 is 0.265 bits per heavy atom. The Morgan fingerprint density at radius 2 is 0.510 bits per heavy atom. The van der Waals surface area contributed by atoms with Crippen LogP contribution in [0.5, 0.6) is 0 Å². The van der Waals surface area contributed by atoms with E-state index in [1.54, 1.807) is 0 Å². The number of rotatable bonds is 16. The van der Waals surface area contributed by atoms with Crippen LogP contribution in [0.1, 0.15) is 45.2 Å². The SMILES string of the molecule is C1=C[C]([Rh+][C]2(P(c3ccccc3)c3ccccc3)C=Cc3ccccc3C2c2c(P(c3ccccc3)c3ccccc3)ccc3ccccc23)(P(c2ccccc2)c2ccccc2)C(c2c(P(c3ccccc3)c3ccccc3)ccc3ccccc23)c2ccccc21.[O-][Cl+3]([O-])([O-])[O-]. The van der Waals surface area contributed by atoms with Crippen molar-refractivity contribution in [2.45, 2.75) is 19.3 Å². The summed E-state index contributed by atoms with van der Waals surface area (Å²) in [5.74, 6) is -0.312. The van der Waals surface area contributed by atoms with E-state index in [-0.39, 0.29) is 11.8 Å². The molecule has 14 aromatic carbocycles. The first kappa shape index (κ1) is 65.5. The van der Waals surface area contributed by atoms with E-state index in [1.165, 1.54) is 108 Å². The summed E-state index contributed by atoms with van der Waals surface area (Å²) in [5, 5.41) is 18.9. The van der Waals surface area contributed by atoms with Crippen LogP contribution < -0.4 is 71.7 Å². The van der Waals surface area contributed by atoms with Gasteiger partial charge in [-0.1, -0.05) is 0 Å². The van der Waals surface area contributed by atoms with Gasteiger partial charge < -0.3 is 0 Å². The molecule has 98 heavy (non-hydrogen) atoms. The molecule has 0 saturated heterocycles. The van der Waals surface area contributed by atoms with Gasteiger partial charge in [0.25, 0.3) is 0 Å². The summed E-state index contributed by atoms with van der Waals surface area (Å²) in [4.78, 5) is 0. The Bertz CT molecular complexity index is 4630. The summed E-state index contributed by atoms with van der Waals surface area (Å²) < 4.78 is 32.8. The molecular weight excluding hydrogens is 1380 g/mol. The van der Waals surface area contributed by atoms with Crippen LogP contribution in [-0.4, -0.2) is 7.50 Å².